The number of nitrogens with two attached hydrogens (primary N) is 1. The zero-order chi connectivity index (χ0) is 14.5. The topological polar surface area (TPSA) is 58.4 Å². The average molecular weight is 281 g/mol. The number of amides is 1. The summed E-state index contributed by atoms with van der Waals surface area (Å²) in [5, 5.41) is 3.30. The van der Waals surface area contributed by atoms with E-state index in [0.717, 1.165) is 25.9 Å². The van der Waals surface area contributed by atoms with Gasteiger partial charge in [0.2, 0.25) is 5.91 Å². The van der Waals surface area contributed by atoms with E-state index in [0.29, 0.717) is 24.4 Å². The van der Waals surface area contributed by atoms with Crippen molar-refractivity contribution in [1.29, 1.82) is 0 Å². The molecule has 4 nitrogen and oxygen atoms in total. The lowest BCUT2D eigenvalue weighted by Gasteiger charge is -2.36. The average Bonchev–Trinajstić information content (AvgIpc) is 2.86. The van der Waals surface area contributed by atoms with Crippen molar-refractivity contribution in [1.82, 2.24) is 10.2 Å². The Labute approximate surface area is 123 Å². The maximum absolute atomic E-state index is 12.7. The zero-order valence-electron chi connectivity index (χ0n) is 13.1. The molecule has 116 valence electrons. The van der Waals surface area contributed by atoms with E-state index in [1.54, 1.807) is 0 Å². The summed E-state index contributed by atoms with van der Waals surface area (Å²) >= 11 is 0. The molecule has 1 amide bonds. The van der Waals surface area contributed by atoms with Crippen LogP contribution in [0.15, 0.2) is 0 Å². The molecule has 0 aromatic heterocycles. The van der Waals surface area contributed by atoms with E-state index in [-0.39, 0.29) is 11.9 Å². The number of piperidine rings is 1. The van der Waals surface area contributed by atoms with Gasteiger partial charge < -0.3 is 11.1 Å². The van der Waals surface area contributed by atoms with Gasteiger partial charge in [-0.05, 0) is 57.2 Å². The van der Waals surface area contributed by atoms with Crippen molar-refractivity contribution < 1.29 is 4.79 Å². The van der Waals surface area contributed by atoms with E-state index >= 15 is 0 Å². The van der Waals surface area contributed by atoms with Crippen LogP contribution in [0, 0.1) is 11.8 Å². The Kier molecular flexibility index (Phi) is 5.85. The Bertz CT molecular complexity index is 313. The van der Waals surface area contributed by atoms with Gasteiger partial charge in [0.05, 0.1) is 6.04 Å². The summed E-state index contributed by atoms with van der Waals surface area (Å²) in [7, 11) is 0. The fraction of sp³-hybridized carbons (Fsp3) is 0.938. The van der Waals surface area contributed by atoms with Gasteiger partial charge in [-0.1, -0.05) is 26.7 Å². The second-order valence-electron chi connectivity index (χ2n) is 6.83. The first-order chi connectivity index (χ1) is 9.63. The number of nitrogens with one attached hydrogen (secondary N) is 1. The van der Waals surface area contributed by atoms with Crippen LogP contribution in [-0.2, 0) is 4.79 Å². The van der Waals surface area contributed by atoms with E-state index in [1.165, 1.54) is 25.7 Å². The van der Waals surface area contributed by atoms with Crippen molar-refractivity contribution in [2.24, 2.45) is 17.6 Å². The molecule has 1 aliphatic heterocycles. The first-order valence-corrected chi connectivity index (χ1v) is 8.38. The van der Waals surface area contributed by atoms with Crippen molar-refractivity contribution in [2.45, 2.75) is 64.5 Å². The first-order valence-electron chi connectivity index (χ1n) is 8.38. The minimum atomic E-state index is 0.0364. The number of nitrogens with zero attached hydrogens (tertiary/aromatic N) is 1. The number of hydrogen-bond donors (Lipinski definition) is 2. The van der Waals surface area contributed by atoms with Crippen LogP contribution >= 0.6 is 0 Å². The van der Waals surface area contributed by atoms with Crippen LogP contribution in [0.4, 0.5) is 0 Å². The molecule has 1 heterocycles. The molecule has 0 radical (unpaired) electrons. The van der Waals surface area contributed by atoms with Gasteiger partial charge >= 0.3 is 0 Å². The molecule has 3 unspecified atom stereocenters. The molecule has 2 rings (SSSR count). The molecular weight excluding hydrogens is 250 g/mol. The first kappa shape index (κ1) is 15.8. The molecule has 2 fully saturated rings. The van der Waals surface area contributed by atoms with Crippen LogP contribution in [0.1, 0.15) is 52.4 Å². The summed E-state index contributed by atoms with van der Waals surface area (Å²) in [5.74, 6) is 1.08. The largest absolute Gasteiger partial charge is 0.352 e. The van der Waals surface area contributed by atoms with E-state index < -0.39 is 0 Å². The van der Waals surface area contributed by atoms with E-state index in [1.807, 2.05) is 0 Å². The predicted molar refractivity (Wildman–Crippen MR) is 82.4 cm³/mol. The molecule has 4 heteroatoms. The third-order valence-corrected chi connectivity index (χ3v) is 4.97. The molecule has 20 heavy (non-hydrogen) atoms. The van der Waals surface area contributed by atoms with Crippen LogP contribution in [0.5, 0.6) is 0 Å². The van der Waals surface area contributed by atoms with Crippen molar-refractivity contribution in [3.05, 3.63) is 0 Å². The highest BCUT2D eigenvalue weighted by atomic mass is 16.2. The molecule has 1 saturated carbocycles. The second-order valence-corrected chi connectivity index (χ2v) is 6.83. The Morgan fingerprint density at radius 3 is 2.50 bits per heavy atom. The van der Waals surface area contributed by atoms with E-state index in [2.05, 4.69) is 24.1 Å². The summed E-state index contributed by atoms with van der Waals surface area (Å²) < 4.78 is 0. The summed E-state index contributed by atoms with van der Waals surface area (Å²) in [6, 6.07) is 0.341. The Morgan fingerprint density at radius 2 is 1.90 bits per heavy atom. The molecular formula is C16H31N3O. The molecule has 0 aromatic carbocycles. The highest BCUT2D eigenvalue weighted by molar-refractivity contribution is 5.82. The molecule has 3 N–H and O–H groups in total. The fourth-order valence-corrected chi connectivity index (χ4v) is 3.86. The maximum atomic E-state index is 12.7. The van der Waals surface area contributed by atoms with Gasteiger partial charge in [0.25, 0.3) is 0 Å². The monoisotopic (exact) mass is 281 g/mol. The number of rotatable bonds is 5. The number of hydrogen-bond acceptors (Lipinski definition) is 3. The second kappa shape index (κ2) is 7.41. The van der Waals surface area contributed by atoms with Gasteiger partial charge in [0.15, 0.2) is 0 Å². The number of carbonyl (C=O) groups excluding carboxylic acids is 1. The zero-order valence-corrected chi connectivity index (χ0v) is 13.1. The lowest BCUT2D eigenvalue weighted by atomic mass is 9.97. The van der Waals surface area contributed by atoms with Crippen LogP contribution in [0.2, 0.25) is 0 Å². The van der Waals surface area contributed by atoms with E-state index in [4.69, 9.17) is 5.73 Å². The van der Waals surface area contributed by atoms with Crippen LogP contribution < -0.4 is 11.1 Å². The van der Waals surface area contributed by atoms with Crippen molar-refractivity contribution >= 4 is 5.91 Å². The summed E-state index contributed by atoms with van der Waals surface area (Å²) in [6.07, 6.45) is 7.22. The molecule has 3 atom stereocenters. The van der Waals surface area contributed by atoms with Gasteiger partial charge in [-0.3, -0.25) is 9.69 Å². The van der Waals surface area contributed by atoms with Crippen molar-refractivity contribution in [2.75, 3.05) is 19.6 Å². The van der Waals surface area contributed by atoms with Gasteiger partial charge in [-0.25, -0.2) is 0 Å². The SMILES string of the molecule is CC(C)C(C(=O)NC1CCCC1CN)N1CCCCC1. The standard InChI is InChI=1S/C16H31N3O/c1-12(2)15(19-9-4-3-5-10-19)16(20)18-14-8-6-7-13(14)11-17/h12-15H,3-11,17H2,1-2H3,(H,18,20). The van der Waals surface area contributed by atoms with Crippen LogP contribution in [0.25, 0.3) is 0 Å². The molecule has 1 aliphatic carbocycles. The van der Waals surface area contributed by atoms with Crippen molar-refractivity contribution in [3.8, 4) is 0 Å². The quantitative estimate of drug-likeness (QED) is 0.807. The van der Waals surface area contributed by atoms with E-state index in [9.17, 15) is 4.79 Å². The molecule has 2 aliphatic rings. The highest BCUT2D eigenvalue weighted by Crippen LogP contribution is 2.25. The van der Waals surface area contributed by atoms with Crippen LogP contribution in [-0.4, -0.2) is 42.5 Å². The predicted octanol–water partition coefficient (Wildman–Crippen LogP) is 1.74. The Hall–Kier alpha value is -0.610. The molecule has 0 bridgehead atoms. The maximum Gasteiger partial charge on any atom is 0.237 e. The molecule has 0 spiro atoms. The summed E-state index contributed by atoms with van der Waals surface area (Å²) in [5.41, 5.74) is 5.82. The Balaban J connectivity index is 1.96. The normalized spacial score (nSPS) is 29.6. The Morgan fingerprint density at radius 1 is 1.20 bits per heavy atom. The third-order valence-electron chi connectivity index (χ3n) is 4.97. The number of carbonyl (C=O) groups is 1. The lowest BCUT2D eigenvalue weighted by Crippen LogP contribution is -2.54. The van der Waals surface area contributed by atoms with Gasteiger partial charge in [0, 0.05) is 6.04 Å². The van der Waals surface area contributed by atoms with Gasteiger partial charge in [-0.15, -0.1) is 0 Å². The smallest absolute Gasteiger partial charge is 0.237 e. The molecule has 1 saturated heterocycles. The lowest BCUT2D eigenvalue weighted by molar-refractivity contribution is -0.129. The van der Waals surface area contributed by atoms with Crippen LogP contribution in [0.3, 0.4) is 0 Å². The summed E-state index contributed by atoms with van der Waals surface area (Å²) in [6.45, 7) is 7.16. The van der Waals surface area contributed by atoms with Gasteiger partial charge in [-0.2, -0.15) is 0 Å². The van der Waals surface area contributed by atoms with Crippen molar-refractivity contribution in [3.63, 3.8) is 0 Å². The third kappa shape index (κ3) is 3.73. The number of likely N-dealkylation sites (tertiary alicyclic amines) is 1. The van der Waals surface area contributed by atoms with Gasteiger partial charge in [0.1, 0.15) is 0 Å². The fourth-order valence-electron chi connectivity index (χ4n) is 3.86. The summed E-state index contributed by atoms with van der Waals surface area (Å²) in [4.78, 5) is 15.1. The minimum Gasteiger partial charge on any atom is -0.352 e. The molecule has 0 aromatic rings. The minimum absolute atomic E-state index is 0.0364. The highest BCUT2D eigenvalue weighted by Gasteiger charge is 2.34.